The summed E-state index contributed by atoms with van der Waals surface area (Å²) >= 11 is 0. The van der Waals surface area contributed by atoms with E-state index in [0.29, 0.717) is 12.2 Å². The second-order valence-corrected chi connectivity index (χ2v) is 5.73. The molecule has 2 rings (SSSR count). The lowest BCUT2D eigenvalue weighted by Gasteiger charge is -2.16. The van der Waals surface area contributed by atoms with Crippen molar-refractivity contribution >= 4 is 5.91 Å². The van der Waals surface area contributed by atoms with E-state index in [1.165, 1.54) is 0 Å². The second kappa shape index (κ2) is 7.82. The molecule has 0 saturated carbocycles. The standard InChI is InChI=1S/C20H25NO2/c1-5-14(3)21-20(22)17-12-18(16-10-8-7-9-11-16)15(4)19(13-17)23-6-2/h7-14H,5-6H2,1-4H3,(H,21,22). The Morgan fingerprint density at radius 3 is 2.48 bits per heavy atom. The molecule has 1 unspecified atom stereocenters. The molecule has 1 atom stereocenters. The third-order valence-electron chi connectivity index (χ3n) is 4.00. The van der Waals surface area contributed by atoms with Crippen molar-refractivity contribution in [3.8, 4) is 16.9 Å². The Labute approximate surface area is 138 Å². The zero-order chi connectivity index (χ0) is 16.8. The topological polar surface area (TPSA) is 38.3 Å². The Morgan fingerprint density at radius 1 is 1.17 bits per heavy atom. The number of ether oxygens (including phenoxy) is 1. The molecule has 23 heavy (non-hydrogen) atoms. The summed E-state index contributed by atoms with van der Waals surface area (Å²) in [5.41, 5.74) is 3.81. The first-order chi connectivity index (χ1) is 11.1. The molecule has 1 amide bonds. The largest absolute Gasteiger partial charge is 0.494 e. The summed E-state index contributed by atoms with van der Waals surface area (Å²) < 4.78 is 5.74. The number of benzene rings is 2. The Morgan fingerprint density at radius 2 is 1.87 bits per heavy atom. The molecule has 1 N–H and O–H groups in total. The van der Waals surface area contributed by atoms with Crippen LogP contribution in [0.25, 0.3) is 11.1 Å². The molecule has 0 aliphatic carbocycles. The number of hydrogen-bond acceptors (Lipinski definition) is 2. The van der Waals surface area contributed by atoms with Crippen molar-refractivity contribution in [1.82, 2.24) is 5.32 Å². The molecular formula is C20H25NO2. The van der Waals surface area contributed by atoms with Crippen LogP contribution >= 0.6 is 0 Å². The molecule has 2 aromatic rings. The van der Waals surface area contributed by atoms with Crippen molar-refractivity contribution in [2.45, 2.75) is 40.2 Å². The van der Waals surface area contributed by atoms with Crippen LogP contribution in [0.1, 0.15) is 43.1 Å². The first-order valence-corrected chi connectivity index (χ1v) is 8.20. The third kappa shape index (κ3) is 4.13. The molecule has 0 fully saturated rings. The maximum absolute atomic E-state index is 12.5. The average Bonchev–Trinajstić information content (AvgIpc) is 2.57. The van der Waals surface area contributed by atoms with Gasteiger partial charge < -0.3 is 10.1 Å². The van der Waals surface area contributed by atoms with E-state index in [2.05, 4.69) is 24.4 Å². The van der Waals surface area contributed by atoms with Gasteiger partial charge in [-0.25, -0.2) is 0 Å². The van der Waals surface area contributed by atoms with Crippen molar-refractivity contribution in [3.63, 3.8) is 0 Å². The van der Waals surface area contributed by atoms with E-state index in [-0.39, 0.29) is 11.9 Å². The highest BCUT2D eigenvalue weighted by Gasteiger charge is 2.15. The van der Waals surface area contributed by atoms with Gasteiger partial charge in [-0.05, 0) is 56.0 Å². The van der Waals surface area contributed by atoms with E-state index in [9.17, 15) is 4.79 Å². The van der Waals surface area contributed by atoms with E-state index in [4.69, 9.17) is 4.74 Å². The van der Waals surface area contributed by atoms with Gasteiger partial charge in [0.25, 0.3) is 5.91 Å². The monoisotopic (exact) mass is 311 g/mol. The minimum Gasteiger partial charge on any atom is -0.494 e. The van der Waals surface area contributed by atoms with Gasteiger partial charge in [-0.15, -0.1) is 0 Å². The summed E-state index contributed by atoms with van der Waals surface area (Å²) in [6.45, 7) is 8.62. The highest BCUT2D eigenvalue weighted by Crippen LogP contribution is 2.32. The van der Waals surface area contributed by atoms with Gasteiger partial charge in [-0.3, -0.25) is 4.79 Å². The zero-order valence-electron chi connectivity index (χ0n) is 14.3. The number of nitrogens with one attached hydrogen (secondary N) is 1. The van der Waals surface area contributed by atoms with Gasteiger partial charge in [-0.2, -0.15) is 0 Å². The van der Waals surface area contributed by atoms with Crippen LogP contribution in [0.3, 0.4) is 0 Å². The Hall–Kier alpha value is -2.29. The lowest BCUT2D eigenvalue weighted by Crippen LogP contribution is -2.32. The molecule has 0 heterocycles. The highest BCUT2D eigenvalue weighted by molar-refractivity contribution is 5.96. The van der Waals surface area contributed by atoms with Crippen LogP contribution in [-0.4, -0.2) is 18.6 Å². The fourth-order valence-electron chi connectivity index (χ4n) is 2.45. The second-order valence-electron chi connectivity index (χ2n) is 5.73. The summed E-state index contributed by atoms with van der Waals surface area (Å²) in [5.74, 6) is 0.709. The van der Waals surface area contributed by atoms with Gasteiger partial charge in [0.2, 0.25) is 0 Å². The van der Waals surface area contributed by atoms with Crippen molar-refractivity contribution in [1.29, 1.82) is 0 Å². The molecule has 0 bridgehead atoms. The van der Waals surface area contributed by atoms with Gasteiger partial charge in [-0.1, -0.05) is 37.3 Å². The summed E-state index contributed by atoms with van der Waals surface area (Å²) in [6, 6.07) is 14.0. The highest BCUT2D eigenvalue weighted by atomic mass is 16.5. The minimum atomic E-state index is -0.0579. The zero-order valence-corrected chi connectivity index (χ0v) is 14.3. The number of amides is 1. The van der Waals surface area contributed by atoms with Crippen molar-refractivity contribution in [2.75, 3.05) is 6.61 Å². The molecule has 0 aliphatic rings. The molecule has 0 spiro atoms. The van der Waals surface area contributed by atoms with E-state index in [1.54, 1.807) is 0 Å². The van der Waals surface area contributed by atoms with E-state index in [1.807, 2.05) is 51.1 Å². The predicted octanol–water partition coefficient (Wildman–Crippen LogP) is 4.59. The van der Waals surface area contributed by atoms with Crippen molar-refractivity contribution in [3.05, 3.63) is 53.6 Å². The molecule has 0 aromatic heterocycles. The fourth-order valence-corrected chi connectivity index (χ4v) is 2.45. The van der Waals surface area contributed by atoms with Crippen molar-refractivity contribution < 1.29 is 9.53 Å². The van der Waals surface area contributed by atoms with Crippen LogP contribution in [0.5, 0.6) is 5.75 Å². The average molecular weight is 311 g/mol. The van der Waals surface area contributed by atoms with Crippen LogP contribution in [-0.2, 0) is 0 Å². The lowest BCUT2D eigenvalue weighted by atomic mass is 9.96. The molecule has 122 valence electrons. The Balaban J connectivity index is 2.48. The smallest absolute Gasteiger partial charge is 0.251 e. The first kappa shape index (κ1) is 17.1. The van der Waals surface area contributed by atoms with Crippen LogP contribution in [0.15, 0.2) is 42.5 Å². The fraction of sp³-hybridized carbons (Fsp3) is 0.350. The summed E-state index contributed by atoms with van der Waals surface area (Å²) in [5, 5.41) is 3.02. The third-order valence-corrected chi connectivity index (χ3v) is 4.00. The van der Waals surface area contributed by atoms with Crippen LogP contribution in [0, 0.1) is 6.92 Å². The normalized spacial score (nSPS) is 11.8. The van der Waals surface area contributed by atoms with E-state index >= 15 is 0 Å². The molecule has 3 heteroatoms. The van der Waals surface area contributed by atoms with Crippen molar-refractivity contribution in [2.24, 2.45) is 0 Å². The summed E-state index contributed by atoms with van der Waals surface area (Å²) in [7, 11) is 0. The number of hydrogen-bond donors (Lipinski definition) is 1. The molecule has 3 nitrogen and oxygen atoms in total. The maximum atomic E-state index is 12.5. The Kier molecular flexibility index (Phi) is 5.80. The first-order valence-electron chi connectivity index (χ1n) is 8.20. The van der Waals surface area contributed by atoms with Crippen LogP contribution in [0.2, 0.25) is 0 Å². The molecular weight excluding hydrogens is 286 g/mol. The molecule has 0 aliphatic heterocycles. The quantitative estimate of drug-likeness (QED) is 0.847. The van der Waals surface area contributed by atoms with Crippen LogP contribution in [0.4, 0.5) is 0 Å². The lowest BCUT2D eigenvalue weighted by molar-refractivity contribution is 0.0939. The SMILES string of the molecule is CCOc1cc(C(=O)NC(C)CC)cc(-c2ccccc2)c1C. The van der Waals surface area contributed by atoms with Gasteiger partial charge in [0.05, 0.1) is 6.61 Å². The summed E-state index contributed by atoms with van der Waals surface area (Å²) in [4.78, 5) is 12.5. The molecule has 2 aromatic carbocycles. The van der Waals surface area contributed by atoms with Gasteiger partial charge >= 0.3 is 0 Å². The van der Waals surface area contributed by atoms with Gasteiger partial charge in [0.1, 0.15) is 5.75 Å². The number of carbonyl (C=O) groups is 1. The van der Waals surface area contributed by atoms with E-state index in [0.717, 1.165) is 28.9 Å². The van der Waals surface area contributed by atoms with Crippen LogP contribution < -0.4 is 10.1 Å². The van der Waals surface area contributed by atoms with E-state index < -0.39 is 0 Å². The van der Waals surface area contributed by atoms with Gasteiger partial charge in [0.15, 0.2) is 0 Å². The number of carbonyl (C=O) groups excluding carboxylic acids is 1. The summed E-state index contributed by atoms with van der Waals surface area (Å²) in [6.07, 6.45) is 0.904. The Bertz CT molecular complexity index is 665. The minimum absolute atomic E-state index is 0.0579. The predicted molar refractivity (Wildman–Crippen MR) is 95.0 cm³/mol. The molecule has 0 saturated heterocycles. The number of rotatable bonds is 6. The van der Waals surface area contributed by atoms with Gasteiger partial charge in [0, 0.05) is 11.6 Å². The molecule has 0 radical (unpaired) electrons. The maximum Gasteiger partial charge on any atom is 0.251 e.